The number of carbonyl (C=O) groups is 2. The van der Waals surface area contributed by atoms with E-state index in [1.165, 1.54) is 0 Å². The van der Waals surface area contributed by atoms with Gasteiger partial charge in [-0.05, 0) is 31.1 Å². The van der Waals surface area contributed by atoms with Gasteiger partial charge in [0.15, 0.2) is 0 Å². The molecule has 0 radical (unpaired) electrons. The number of fused-ring (bicyclic) bond motifs is 2. The Morgan fingerprint density at radius 2 is 1.73 bits per heavy atom. The Hall–Kier alpha value is -1.15. The molecule has 4 unspecified atom stereocenters. The summed E-state index contributed by atoms with van der Waals surface area (Å²) in [5.74, 6) is -0.537. The van der Waals surface area contributed by atoms with Crippen LogP contribution in [0.2, 0.25) is 0 Å². The van der Waals surface area contributed by atoms with E-state index in [-0.39, 0.29) is 24.3 Å². The molecule has 2 saturated carbocycles. The molecule has 0 aromatic heterocycles. The molecule has 0 aromatic rings. The molecule has 2 aliphatic rings. The van der Waals surface area contributed by atoms with Crippen LogP contribution in [0.3, 0.4) is 0 Å². The van der Waals surface area contributed by atoms with Crippen molar-refractivity contribution in [3.05, 3.63) is 0 Å². The Balaban J connectivity index is 1.89. The number of carbonyl (C=O) groups excluding carboxylic acids is 2. The van der Waals surface area contributed by atoms with Gasteiger partial charge in [-0.2, -0.15) is 0 Å². The second kappa shape index (κ2) is 6.54. The summed E-state index contributed by atoms with van der Waals surface area (Å²) in [5.41, 5.74) is -0.584. The van der Waals surface area contributed by atoms with E-state index in [0.717, 1.165) is 19.3 Å². The Morgan fingerprint density at radius 1 is 1.14 bits per heavy atom. The van der Waals surface area contributed by atoms with Crippen molar-refractivity contribution in [1.82, 2.24) is 5.32 Å². The van der Waals surface area contributed by atoms with Crippen LogP contribution in [0.4, 0.5) is 0 Å². The minimum atomic E-state index is -2.97. The molecule has 126 valence electrons. The van der Waals surface area contributed by atoms with E-state index in [2.05, 4.69) is 5.32 Å². The first-order valence-electron chi connectivity index (χ1n) is 7.47. The van der Waals surface area contributed by atoms with E-state index in [4.69, 9.17) is 8.92 Å². The zero-order valence-corrected chi connectivity index (χ0v) is 13.9. The zero-order chi connectivity index (χ0) is 16.5. The number of esters is 1. The van der Waals surface area contributed by atoms with Crippen molar-refractivity contribution >= 4 is 22.9 Å². The third-order valence-electron chi connectivity index (χ3n) is 4.32. The second-order valence-electron chi connectivity index (χ2n) is 7.01. The summed E-state index contributed by atoms with van der Waals surface area (Å²) in [6.45, 7) is 5.02. The van der Waals surface area contributed by atoms with Crippen LogP contribution in [0.15, 0.2) is 0 Å². The van der Waals surface area contributed by atoms with Gasteiger partial charge in [0, 0.05) is 5.41 Å². The maximum atomic E-state index is 11.9. The van der Waals surface area contributed by atoms with Gasteiger partial charge in [-0.3, -0.25) is 13.8 Å². The molecule has 2 aliphatic carbocycles. The van der Waals surface area contributed by atoms with Crippen LogP contribution < -0.4 is 5.32 Å². The number of hydrogen-bond acceptors (Lipinski definition) is 6. The first-order chi connectivity index (χ1) is 10.2. The second-order valence-corrected chi connectivity index (χ2v) is 7.67. The average Bonchev–Trinajstić information content (AvgIpc) is 2.97. The van der Waals surface area contributed by atoms with Crippen molar-refractivity contribution in [3.63, 3.8) is 0 Å². The Morgan fingerprint density at radius 3 is 2.27 bits per heavy atom. The predicted molar refractivity (Wildman–Crippen MR) is 78.4 cm³/mol. The number of rotatable bonds is 5. The lowest BCUT2D eigenvalue weighted by Crippen LogP contribution is -2.42. The average molecular weight is 333 g/mol. The molecule has 8 heteroatoms. The smallest absolute Gasteiger partial charge is 0.325 e. The number of thiol groups is 1. The zero-order valence-electron chi connectivity index (χ0n) is 13.0. The molecule has 0 aliphatic heterocycles. The van der Waals surface area contributed by atoms with Gasteiger partial charge in [0.1, 0.15) is 18.8 Å². The standard InChI is InChI=1S/C14H23NO6S/c1-14(2,3)13(17)15-7-10(16)20-11-8-4-5-9(6-8)12(11)21-22(18)19/h8-9,11-12,22H,4-7H2,1-3H3,(H,15,17). The summed E-state index contributed by atoms with van der Waals surface area (Å²) in [6.07, 6.45) is 1.51. The normalized spacial score (nSPS) is 30.5. The van der Waals surface area contributed by atoms with Crippen LogP contribution in [-0.4, -0.2) is 39.0 Å². The Labute approximate surface area is 131 Å². The third kappa shape index (κ3) is 3.98. The summed E-state index contributed by atoms with van der Waals surface area (Å²) in [7, 11) is -2.97. The van der Waals surface area contributed by atoms with E-state index in [1.54, 1.807) is 20.8 Å². The molecule has 7 nitrogen and oxygen atoms in total. The molecule has 2 bridgehead atoms. The summed E-state index contributed by atoms with van der Waals surface area (Å²) >= 11 is 0. The first-order valence-corrected chi connectivity index (χ1v) is 8.57. The fraction of sp³-hybridized carbons (Fsp3) is 0.857. The van der Waals surface area contributed by atoms with Crippen LogP contribution in [0.5, 0.6) is 0 Å². The van der Waals surface area contributed by atoms with Gasteiger partial charge < -0.3 is 10.1 Å². The molecule has 2 rings (SSSR count). The van der Waals surface area contributed by atoms with E-state index in [9.17, 15) is 18.0 Å². The molecular weight excluding hydrogens is 310 g/mol. The van der Waals surface area contributed by atoms with Crippen molar-refractivity contribution in [2.75, 3.05) is 6.54 Å². The van der Waals surface area contributed by atoms with Crippen LogP contribution in [-0.2, 0) is 29.5 Å². The number of amides is 1. The van der Waals surface area contributed by atoms with Crippen LogP contribution in [0, 0.1) is 17.3 Å². The monoisotopic (exact) mass is 333 g/mol. The molecule has 4 atom stereocenters. The SMILES string of the molecule is CC(C)(C)C(=O)NCC(=O)OC1C2CCC(C2)C1O[SH](=O)=O. The maximum Gasteiger partial charge on any atom is 0.325 e. The lowest BCUT2D eigenvalue weighted by Gasteiger charge is -2.28. The van der Waals surface area contributed by atoms with Crippen LogP contribution in [0.1, 0.15) is 40.0 Å². The van der Waals surface area contributed by atoms with Gasteiger partial charge in [-0.25, -0.2) is 8.42 Å². The lowest BCUT2D eigenvalue weighted by molar-refractivity contribution is -0.157. The highest BCUT2D eigenvalue weighted by Gasteiger charge is 2.51. The van der Waals surface area contributed by atoms with Crippen molar-refractivity contribution in [2.45, 2.75) is 52.2 Å². The highest BCUT2D eigenvalue weighted by molar-refractivity contribution is 7.67. The first kappa shape index (κ1) is 17.2. The number of ether oxygens (including phenoxy) is 1. The highest BCUT2D eigenvalue weighted by atomic mass is 32.2. The number of nitrogens with one attached hydrogen (secondary N) is 1. The quantitative estimate of drug-likeness (QED) is 0.558. The van der Waals surface area contributed by atoms with Gasteiger partial charge in [-0.15, -0.1) is 0 Å². The van der Waals surface area contributed by atoms with Gasteiger partial charge in [-0.1, -0.05) is 20.8 Å². The highest BCUT2D eigenvalue weighted by Crippen LogP contribution is 2.47. The van der Waals surface area contributed by atoms with E-state index in [0.29, 0.717) is 0 Å². The molecule has 1 amide bonds. The van der Waals surface area contributed by atoms with Crippen LogP contribution >= 0.6 is 0 Å². The molecule has 0 saturated heterocycles. The van der Waals surface area contributed by atoms with Crippen molar-refractivity contribution in [2.24, 2.45) is 17.3 Å². The molecule has 0 aromatic carbocycles. The Kier molecular flexibility index (Phi) is 5.11. The Bertz CT molecular complexity index is 516. The minimum absolute atomic E-state index is 0.125. The largest absolute Gasteiger partial charge is 0.458 e. The minimum Gasteiger partial charge on any atom is -0.458 e. The summed E-state index contributed by atoms with van der Waals surface area (Å²) in [5, 5.41) is 2.52. The molecule has 2 fully saturated rings. The van der Waals surface area contributed by atoms with E-state index in [1.807, 2.05) is 0 Å². The summed E-state index contributed by atoms with van der Waals surface area (Å²) < 4.78 is 31.9. The number of hydrogen-bond donors (Lipinski definition) is 2. The van der Waals surface area contributed by atoms with Crippen LogP contribution in [0.25, 0.3) is 0 Å². The summed E-state index contributed by atoms with van der Waals surface area (Å²) in [4.78, 5) is 23.6. The van der Waals surface area contributed by atoms with E-state index < -0.39 is 34.6 Å². The van der Waals surface area contributed by atoms with Gasteiger partial charge in [0.05, 0.1) is 0 Å². The summed E-state index contributed by atoms with van der Waals surface area (Å²) in [6, 6.07) is 0. The van der Waals surface area contributed by atoms with E-state index >= 15 is 0 Å². The van der Waals surface area contributed by atoms with Crippen molar-refractivity contribution in [3.8, 4) is 0 Å². The lowest BCUT2D eigenvalue weighted by atomic mass is 9.95. The molecule has 22 heavy (non-hydrogen) atoms. The van der Waals surface area contributed by atoms with Gasteiger partial charge in [0.25, 0.3) is 11.0 Å². The molecule has 0 spiro atoms. The fourth-order valence-corrected chi connectivity index (χ4v) is 3.70. The van der Waals surface area contributed by atoms with Gasteiger partial charge >= 0.3 is 5.97 Å². The molecular formula is C14H23NO6S. The van der Waals surface area contributed by atoms with Crippen molar-refractivity contribution < 1.29 is 26.9 Å². The molecule has 0 heterocycles. The topological polar surface area (TPSA) is 98.8 Å². The third-order valence-corrected chi connectivity index (χ3v) is 4.73. The molecule has 1 N–H and O–H groups in total. The fourth-order valence-electron chi connectivity index (χ4n) is 3.21. The van der Waals surface area contributed by atoms with Crippen molar-refractivity contribution in [1.29, 1.82) is 0 Å². The van der Waals surface area contributed by atoms with Gasteiger partial charge in [0.2, 0.25) is 5.91 Å². The maximum absolute atomic E-state index is 11.9. The predicted octanol–water partition coefficient (Wildman–Crippen LogP) is 0.402.